The van der Waals surface area contributed by atoms with Crippen LogP contribution in [0.5, 0.6) is 11.5 Å². The molecule has 1 aliphatic carbocycles. The molecule has 0 saturated heterocycles. The van der Waals surface area contributed by atoms with Crippen molar-refractivity contribution in [2.45, 2.75) is 50.7 Å². The van der Waals surface area contributed by atoms with Gasteiger partial charge in [-0.25, -0.2) is 4.79 Å². The number of amides is 1. The third kappa shape index (κ3) is 4.39. The number of nitro groups is 1. The van der Waals surface area contributed by atoms with Crippen LogP contribution in [0.3, 0.4) is 0 Å². The molecule has 0 radical (unpaired) electrons. The molecule has 1 N–H and O–H groups in total. The summed E-state index contributed by atoms with van der Waals surface area (Å²) < 4.78 is 15.8. The number of nitro benzene ring substituents is 1. The summed E-state index contributed by atoms with van der Waals surface area (Å²) in [5.41, 5.74) is -1.82. The lowest BCUT2D eigenvalue weighted by molar-refractivity contribution is -0.385. The zero-order chi connectivity index (χ0) is 21.0. The van der Waals surface area contributed by atoms with Gasteiger partial charge in [-0.05, 0) is 19.8 Å². The van der Waals surface area contributed by atoms with Crippen LogP contribution in [0.15, 0.2) is 12.1 Å². The quantitative estimate of drug-likeness (QED) is 0.448. The predicted molar refractivity (Wildman–Crippen MR) is 98.5 cm³/mol. The van der Waals surface area contributed by atoms with Gasteiger partial charge in [0.05, 0.1) is 17.1 Å². The first-order chi connectivity index (χ1) is 13.8. The Balaban J connectivity index is 1.74. The molecular weight excluding hydrogens is 382 g/mol. The van der Waals surface area contributed by atoms with E-state index in [1.807, 2.05) is 0 Å². The lowest BCUT2D eigenvalue weighted by Gasteiger charge is -2.32. The highest BCUT2D eigenvalue weighted by Gasteiger charge is 2.36. The third-order valence-corrected chi connectivity index (χ3v) is 5.01. The Hall–Kier alpha value is -3.35. The Morgan fingerprint density at radius 2 is 1.86 bits per heavy atom. The molecule has 10 nitrogen and oxygen atoms in total. The molecule has 2 aliphatic rings. The van der Waals surface area contributed by atoms with Crippen molar-refractivity contribution < 1.29 is 28.7 Å². The van der Waals surface area contributed by atoms with Crippen molar-refractivity contribution in [1.29, 1.82) is 5.26 Å². The van der Waals surface area contributed by atoms with Gasteiger partial charge in [0.15, 0.2) is 17.6 Å². The first-order valence-electron chi connectivity index (χ1n) is 9.37. The number of esters is 1. The van der Waals surface area contributed by atoms with E-state index in [2.05, 4.69) is 11.4 Å². The van der Waals surface area contributed by atoms with Gasteiger partial charge in [-0.1, -0.05) is 19.3 Å². The number of carbonyl (C=O) groups is 2. The Kier molecular flexibility index (Phi) is 5.87. The van der Waals surface area contributed by atoms with Crippen molar-refractivity contribution in [2.75, 3.05) is 13.2 Å². The molecule has 1 amide bonds. The van der Waals surface area contributed by atoms with Crippen molar-refractivity contribution in [2.24, 2.45) is 0 Å². The smallest absolute Gasteiger partial charge is 0.346 e. The summed E-state index contributed by atoms with van der Waals surface area (Å²) in [5.74, 6) is -1.30. The van der Waals surface area contributed by atoms with Gasteiger partial charge in [-0.2, -0.15) is 5.26 Å². The number of carbonyl (C=O) groups excluding carboxylic acids is 2. The number of benzene rings is 1. The number of rotatable bonds is 5. The second kappa shape index (κ2) is 8.34. The molecule has 0 aromatic heterocycles. The summed E-state index contributed by atoms with van der Waals surface area (Å²) in [6, 6.07) is 4.43. The summed E-state index contributed by atoms with van der Waals surface area (Å²) in [7, 11) is 0. The molecule has 3 rings (SSSR count). The zero-order valence-corrected chi connectivity index (χ0v) is 15.9. The molecule has 154 valence electrons. The van der Waals surface area contributed by atoms with Crippen LogP contribution in [-0.2, 0) is 9.53 Å². The number of hydrogen-bond acceptors (Lipinski definition) is 8. The summed E-state index contributed by atoms with van der Waals surface area (Å²) in [4.78, 5) is 35.7. The second-order valence-electron chi connectivity index (χ2n) is 7.06. The SMILES string of the molecule is C[C@@H](OC(=O)c1cc2c(cc1[N+](=O)[O-])OCCO2)C(=O)NC1(C#N)CCCCC1. The molecule has 29 heavy (non-hydrogen) atoms. The van der Waals surface area contributed by atoms with E-state index in [1.54, 1.807) is 0 Å². The molecule has 1 aliphatic heterocycles. The monoisotopic (exact) mass is 403 g/mol. The van der Waals surface area contributed by atoms with E-state index in [0.29, 0.717) is 12.8 Å². The molecule has 1 saturated carbocycles. The summed E-state index contributed by atoms with van der Waals surface area (Å²) in [6.07, 6.45) is 2.48. The summed E-state index contributed by atoms with van der Waals surface area (Å²) in [6.45, 7) is 1.84. The first-order valence-corrected chi connectivity index (χ1v) is 9.37. The molecule has 1 aromatic carbocycles. The lowest BCUT2D eigenvalue weighted by Crippen LogP contribution is -2.52. The Bertz CT molecular complexity index is 871. The van der Waals surface area contributed by atoms with Gasteiger partial charge in [0.2, 0.25) is 0 Å². The van der Waals surface area contributed by atoms with E-state index in [0.717, 1.165) is 25.3 Å². The van der Waals surface area contributed by atoms with E-state index >= 15 is 0 Å². The number of nitrogens with zero attached hydrogens (tertiary/aromatic N) is 2. The predicted octanol–water partition coefficient (Wildman–Crippen LogP) is 2.25. The first kappa shape index (κ1) is 20.4. The number of ether oxygens (including phenoxy) is 3. The number of hydrogen-bond donors (Lipinski definition) is 1. The number of nitriles is 1. The minimum atomic E-state index is -1.23. The highest BCUT2D eigenvalue weighted by Crippen LogP contribution is 2.37. The minimum Gasteiger partial charge on any atom is -0.486 e. The van der Waals surface area contributed by atoms with Crippen molar-refractivity contribution in [1.82, 2.24) is 5.32 Å². The van der Waals surface area contributed by atoms with Crippen LogP contribution >= 0.6 is 0 Å². The number of fused-ring (bicyclic) bond motifs is 1. The topological polar surface area (TPSA) is 141 Å². The maximum Gasteiger partial charge on any atom is 0.346 e. The third-order valence-electron chi connectivity index (χ3n) is 5.01. The molecule has 10 heteroatoms. The van der Waals surface area contributed by atoms with Crippen LogP contribution in [0.4, 0.5) is 5.69 Å². The zero-order valence-electron chi connectivity index (χ0n) is 15.9. The van der Waals surface area contributed by atoms with Crippen LogP contribution in [-0.4, -0.2) is 41.7 Å². The fraction of sp³-hybridized carbons (Fsp3) is 0.526. The van der Waals surface area contributed by atoms with E-state index in [9.17, 15) is 25.0 Å². The lowest BCUT2D eigenvalue weighted by atomic mass is 9.83. The normalized spacial score (nSPS) is 18.1. The van der Waals surface area contributed by atoms with Gasteiger partial charge in [0, 0.05) is 6.07 Å². The summed E-state index contributed by atoms with van der Waals surface area (Å²) >= 11 is 0. The second-order valence-corrected chi connectivity index (χ2v) is 7.06. The van der Waals surface area contributed by atoms with Crippen LogP contribution in [0.25, 0.3) is 0 Å². The average molecular weight is 403 g/mol. The Morgan fingerprint density at radius 1 is 1.24 bits per heavy atom. The van der Waals surface area contributed by atoms with Crippen LogP contribution in [0.1, 0.15) is 49.4 Å². The average Bonchev–Trinajstić information content (AvgIpc) is 2.73. The van der Waals surface area contributed by atoms with Gasteiger partial charge in [0.25, 0.3) is 11.6 Å². The van der Waals surface area contributed by atoms with Crippen molar-refractivity contribution in [3.63, 3.8) is 0 Å². The van der Waals surface area contributed by atoms with Gasteiger partial charge in [-0.15, -0.1) is 0 Å². The van der Waals surface area contributed by atoms with Crippen LogP contribution in [0, 0.1) is 21.4 Å². The van der Waals surface area contributed by atoms with Crippen LogP contribution in [0.2, 0.25) is 0 Å². The van der Waals surface area contributed by atoms with Crippen molar-refractivity contribution in [3.05, 3.63) is 27.8 Å². The highest BCUT2D eigenvalue weighted by molar-refractivity contribution is 5.96. The highest BCUT2D eigenvalue weighted by atomic mass is 16.6. The van der Waals surface area contributed by atoms with Crippen LogP contribution < -0.4 is 14.8 Å². The Morgan fingerprint density at radius 3 is 2.45 bits per heavy atom. The minimum absolute atomic E-state index is 0.165. The number of nitrogens with one attached hydrogen (secondary N) is 1. The maximum absolute atomic E-state index is 12.5. The van der Waals surface area contributed by atoms with E-state index in [-0.39, 0.29) is 30.3 Å². The van der Waals surface area contributed by atoms with E-state index in [4.69, 9.17) is 14.2 Å². The maximum atomic E-state index is 12.5. The Labute approximate surface area is 166 Å². The molecule has 1 atom stereocenters. The molecule has 1 heterocycles. The van der Waals surface area contributed by atoms with Crippen molar-refractivity contribution in [3.8, 4) is 17.6 Å². The molecule has 0 unspecified atom stereocenters. The largest absolute Gasteiger partial charge is 0.486 e. The van der Waals surface area contributed by atoms with Gasteiger partial charge < -0.3 is 19.5 Å². The molecule has 1 fully saturated rings. The van der Waals surface area contributed by atoms with Gasteiger partial charge in [-0.3, -0.25) is 14.9 Å². The van der Waals surface area contributed by atoms with Gasteiger partial charge >= 0.3 is 5.97 Å². The fourth-order valence-electron chi connectivity index (χ4n) is 3.43. The molecule has 0 bridgehead atoms. The van der Waals surface area contributed by atoms with Crippen molar-refractivity contribution >= 4 is 17.6 Å². The summed E-state index contributed by atoms with van der Waals surface area (Å²) in [5, 5.41) is 23.5. The molecule has 1 aromatic rings. The van der Waals surface area contributed by atoms with E-state index < -0.39 is 34.1 Å². The molecule has 0 spiro atoms. The molecular formula is C19H21N3O7. The van der Waals surface area contributed by atoms with E-state index in [1.165, 1.54) is 13.0 Å². The van der Waals surface area contributed by atoms with Gasteiger partial charge in [0.1, 0.15) is 24.3 Å². The fourth-order valence-corrected chi connectivity index (χ4v) is 3.43. The standard InChI is InChI=1S/C19H21N3O7/c1-12(17(23)21-19(11-20)5-3-2-4-6-19)29-18(24)13-9-15-16(28-8-7-27-15)10-14(13)22(25)26/h9-10,12H,2-8H2,1H3,(H,21,23)/t12-/m1/s1.